The lowest BCUT2D eigenvalue weighted by Gasteiger charge is -2.34. The van der Waals surface area contributed by atoms with E-state index >= 15 is 0 Å². The van der Waals surface area contributed by atoms with E-state index in [2.05, 4.69) is 41.0 Å². The summed E-state index contributed by atoms with van der Waals surface area (Å²) in [6.07, 6.45) is 2.34. The topological polar surface area (TPSA) is 218 Å². The molecule has 0 aromatic carbocycles. The van der Waals surface area contributed by atoms with Crippen LogP contribution >= 0.6 is 11.6 Å². The number of hydrogen-bond acceptors (Lipinski definition) is 12. The Morgan fingerprint density at radius 2 is 1.78 bits per heavy atom. The van der Waals surface area contributed by atoms with Crippen molar-refractivity contribution in [3.8, 4) is 0 Å². The van der Waals surface area contributed by atoms with Gasteiger partial charge in [-0.3, -0.25) is 19.1 Å². The van der Waals surface area contributed by atoms with Gasteiger partial charge in [-0.25, -0.2) is 14.8 Å². The predicted molar refractivity (Wildman–Crippen MR) is 227 cm³/mol. The zero-order valence-electron chi connectivity index (χ0n) is 36.0. The highest BCUT2D eigenvalue weighted by Gasteiger charge is 2.44. The number of ether oxygens (including phenoxy) is 4. The monoisotopic (exact) mass is 918 g/mol. The number of pyridine rings is 1. The second kappa shape index (κ2) is 21.1. The van der Waals surface area contributed by atoms with E-state index in [1.54, 1.807) is 44.2 Å². The number of aromatic amines is 1. The summed E-state index contributed by atoms with van der Waals surface area (Å²) in [5, 5.41) is 20.5. The van der Waals surface area contributed by atoms with Crippen molar-refractivity contribution in [2.75, 3.05) is 59.0 Å². The van der Waals surface area contributed by atoms with Gasteiger partial charge in [0.05, 0.1) is 59.9 Å². The molecule has 2 fully saturated rings. The Kier molecular flexibility index (Phi) is 15.9. The van der Waals surface area contributed by atoms with Crippen molar-refractivity contribution in [3.05, 3.63) is 81.7 Å². The number of imidazole rings is 1. The minimum absolute atomic E-state index is 0.0429. The highest BCUT2D eigenvalue weighted by molar-refractivity contribution is 6.32. The number of anilines is 1. The smallest absolute Gasteiger partial charge is 0.453 e. The molecule has 0 spiro atoms. The highest BCUT2D eigenvalue weighted by Crippen LogP contribution is 2.40. The molecule has 0 radical (unpaired) electrons. The Morgan fingerprint density at radius 3 is 2.42 bits per heavy atom. The van der Waals surface area contributed by atoms with E-state index in [4.69, 9.17) is 25.8 Å². The zero-order valence-corrected chi connectivity index (χ0v) is 36.7. The number of nitrogens with zero attached hydrogens (tertiary/aromatic N) is 3. The highest BCUT2D eigenvalue weighted by atomic mass is 35.5. The van der Waals surface area contributed by atoms with Crippen molar-refractivity contribution in [2.45, 2.75) is 83.0 Å². The van der Waals surface area contributed by atoms with Crippen molar-refractivity contribution in [3.63, 3.8) is 0 Å². The first-order valence-electron chi connectivity index (χ1n) is 21.0. The van der Waals surface area contributed by atoms with Crippen LogP contribution in [0, 0.1) is 11.3 Å². The van der Waals surface area contributed by atoms with Gasteiger partial charge in [-0.1, -0.05) is 23.8 Å². The number of methoxy groups -OCH3 is 2. The Labute approximate surface area is 373 Å². The average Bonchev–Trinajstić information content (AvgIpc) is 3.96. The van der Waals surface area contributed by atoms with Crippen LogP contribution in [-0.4, -0.2) is 127 Å². The van der Waals surface area contributed by atoms with Gasteiger partial charge in [0.15, 0.2) is 0 Å². The third-order valence-electron chi connectivity index (χ3n) is 11.7. The van der Waals surface area contributed by atoms with Gasteiger partial charge in [-0.15, -0.1) is 13.2 Å². The maximum Gasteiger partial charge on any atom is 0.523 e. The van der Waals surface area contributed by atoms with Crippen LogP contribution in [0.3, 0.4) is 0 Å². The number of aliphatic hydroxyl groups excluding tert-OH is 1. The van der Waals surface area contributed by atoms with Gasteiger partial charge in [0.25, 0.3) is 5.91 Å². The first kappa shape index (κ1) is 48.2. The lowest BCUT2D eigenvalue weighted by molar-refractivity contribution is -0.337. The molecule has 4 atom stereocenters. The second-order valence-electron chi connectivity index (χ2n) is 16.5. The molecule has 4 unspecified atom stereocenters. The van der Waals surface area contributed by atoms with Crippen LogP contribution in [0.5, 0.6) is 0 Å². The van der Waals surface area contributed by atoms with E-state index in [1.165, 1.54) is 31.5 Å². The van der Waals surface area contributed by atoms with Crippen molar-refractivity contribution in [1.29, 1.82) is 0 Å². The molecule has 4 heterocycles. The molecule has 2 saturated heterocycles. The van der Waals surface area contributed by atoms with Crippen LogP contribution in [0.4, 0.5) is 23.8 Å². The fourth-order valence-electron chi connectivity index (χ4n) is 7.94. The number of alkyl carbamates (subject to hydrolysis) is 1. The molecule has 6 rings (SSSR count). The van der Waals surface area contributed by atoms with Gasteiger partial charge in [0, 0.05) is 64.7 Å². The molecule has 0 bridgehead atoms. The molecule has 2 aromatic rings. The van der Waals surface area contributed by atoms with E-state index in [1.807, 2.05) is 0 Å². The van der Waals surface area contributed by atoms with Crippen LogP contribution in [-0.2, 0) is 28.5 Å². The first-order valence-corrected chi connectivity index (χ1v) is 21.3. The number of H-pyrrole nitrogens is 1. The number of alkyl halides is 3. The molecule has 2 aliphatic heterocycles. The number of likely N-dealkylation sites (tertiary alicyclic amines) is 1. The van der Waals surface area contributed by atoms with Crippen LogP contribution in [0.2, 0.25) is 0 Å². The number of aliphatic hydroxyl groups is 1. The maximum absolute atomic E-state index is 14.2. The Balaban J connectivity index is 1.14. The number of aromatic nitrogens is 3. The fourth-order valence-corrected chi connectivity index (χ4v) is 8.18. The van der Waals surface area contributed by atoms with Crippen molar-refractivity contribution < 1.29 is 56.4 Å². The van der Waals surface area contributed by atoms with Gasteiger partial charge in [-0.2, -0.15) is 0 Å². The van der Waals surface area contributed by atoms with E-state index in [9.17, 15) is 37.5 Å². The van der Waals surface area contributed by atoms with Crippen molar-refractivity contribution in [2.24, 2.45) is 11.3 Å². The summed E-state index contributed by atoms with van der Waals surface area (Å²) in [4.78, 5) is 65.7. The minimum atomic E-state index is -4.99. The number of carbonyl (C=O) groups excluding carboxylic acids is 4. The predicted octanol–water partition coefficient (Wildman–Crippen LogP) is 5.01. The normalized spacial score (nSPS) is 21.4. The number of carbonyl (C=O) groups is 4. The largest absolute Gasteiger partial charge is 0.523 e. The molecule has 0 saturated carbocycles. The van der Waals surface area contributed by atoms with Crippen LogP contribution in [0.25, 0.3) is 5.57 Å². The minimum Gasteiger partial charge on any atom is -0.453 e. The molecule has 4 amide bonds. The standard InChI is InChI=1S/C43H54ClF3N8O9/c1-42(2,23-56)40(59)49-14-13-48-35-10-9-27(20-50-35)38(57)53-31-19-34(64-43(45,46)47)29(18-30(31)44)24-5-7-25(8-6-24)32-21-51-37(52-32)33-17-28(61-3)22-55(33)39(58)36(54-41(60)62-4)26-11-15-63-16-12-26/h5,7,9-10,18,20-21,26,28,33-34,36,56H,6,8,11-17,19,22-23H2,1-4H3,(H,48,50)(H,49,59)(H,51,52)(H,53,57)(H,54,60). The fraction of sp³-hybridized carbons (Fsp3) is 0.535. The quantitative estimate of drug-likeness (QED) is 0.123. The lowest BCUT2D eigenvalue weighted by Crippen LogP contribution is -2.53. The third kappa shape index (κ3) is 12.1. The van der Waals surface area contributed by atoms with Gasteiger partial charge in [-0.05, 0) is 80.4 Å². The molecule has 348 valence electrons. The van der Waals surface area contributed by atoms with Crippen LogP contribution in [0.15, 0.2) is 64.6 Å². The van der Waals surface area contributed by atoms with E-state index in [0.29, 0.717) is 74.8 Å². The molecular weight excluding hydrogens is 865 g/mol. The molecular formula is C43H54ClF3N8O9. The number of allylic oxidation sites excluding steroid dienone is 5. The number of halogens is 4. The van der Waals surface area contributed by atoms with E-state index < -0.39 is 42.0 Å². The molecule has 17 nitrogen and oxygen atoms in total. The number of amides is 4. The molecule has 21 heteroatoms. The molecule has 2 aromatic heterocycles. The number of hydrogen-bond donors (Lipinski definition) is 6. The second-order valence-corrected chi connectivity index (χ2v) is 16.9. The van der Waals surface area contributed by atoms with Crippen molar-refractivity contribution in [1.82, 2.24) is 35.8 Å². The SMILES string of the molecule is COC(=O)NC(C(=O)N1CC(OC)CC1c1ncc(C2=CC=C(C3=CC(Cl)=C(NC(=O)c4ccc(NCCNC(=O)C(C)(C)CO)nc4)CC3OC(F)(F)F)CC2)[nH]1)C1CCOCC1. The first-order chi connectivity index (χ1) is 30.5. The maximum atomic E-state index is 14.2. The summed E-state index contributed by atoms with van der Waals surface area (Å²) in [7, 11) is 2.81. The van der Waals surface area contributed by atoms with E-state index in [-0.39, 0.29) is 71.8 Å². The summed E-state index contributed by atoms with van der Waals surface area (Å²) in [6.45, 7) is 4.73. The van der Waals surface area contributed by atoms with Gasteiger partial charge in [0.2, 0.25) is 11.8 Å². The molecule has 2 aliphatic carbocycles. The molecule has 4 aliphatic rings. The lowest BCUT2D eigenvalue weighted by atomic mass is 9.86. The Hall–Kier alpha value is -5.28. The van der Waals surface area contributed by atoms with Gasteiger partial charge in [0.1, 0.15) is 17.7 Å². The van der Waals surface area contributed by atoms with Gasteiger partial charge < -0.3 is 50.5 Å². The number of rotatable bonds is 16. The zero-order chi connectivity index (χ0) is 46.2. The number of nitrogens with one attached hydrogen (secondary N) is 5. The van der Waals surface area contributed by atoms with E-state index in [0.717, 1.165) is 5.57 Å². The van der Waals surface area contributed by atoms with Gasteiger partial charge >= 0.3 is 12.5 Å². The van der Waals surface area contributed by atoms with Crippen LogP contribution < -0.4 is 21.3 Å². The van der Waals surface area contributed by atoms with Crippen LogP contribution in [0.1, 0.15) is 80.3 Å². The Morgan fingerprint density at radius 1 is 1.05 bits per heavy atom. The average molecular weight is 919 g/mol. The molecule has 64 heavy (non-hydrogen) atoms. The third-order valence-corrected chi connectivity index (χ3v) is 12.1. The summed E-state index contributed by atoms with van der Waals surface area (Å²) >= 11 is 6.62. The summed E-state index contributed by atoms with van der Waals surface area (Å²) < 4.78 is 62.0. The molecule has 6 N–H and O–H groups in total. The summed E-state index contributed by atoms with van der Waals surface area (Å²) in [5.74, 6) is -0.451. The summed E-state index contributed by atoms with van der Waals surface area (Å²) in [6, 6.07) is 1.69. The van der Waals surface area contributed by atoms with Crippen molar-refractivity contribution >= 4 is 46.8 Å². The Bertz CT molecular complexity index is 2150. The summed E-state index contributed by atoms with van der Waals surface area (Å²) in [5.41, 5.74) is 1.53.